The Balaban J connectivity index is 1.26. The molecule has 1 unspecified atom stereocenters. The van der Waals surface area contributed by atoms with Crippen molar-refractivity contribution in [3.8, 4) is 0 Å². The van der Waals surface area contributed by atoms with Crippen molar-refractivity contribution >= 4 is 5.91 Å². The predicted octanol–water partition coefficient (Wildman–Crippen LogP) is 7.23. The molecular formula is C36H58N2O2. The van der Waals surface area contributed by atoms with Crippen molar-refractivity contribution in [1.29, 1.82) is 0 Å². The van der Waals surface area contributed by atoms with Gasteiger partial charge in [0, 0.05) is 26.2 Å². The first-order valence-corrected chi connectivity index (χ1v) is 17.1. The molecule has 1 amide bonds. The van der Waals surface area contributed by atoms with Crippen LogP contribution >= 0.6 is 0 Å². The predicted molar refractivity (Wildman–Crippen MR) is 162 cm³/mol. The van der Waals surface area contributed by atoms with Crippen LogP contribution in [0.3, 0.4) is 0 Å². The summed E-state index contributed by atoms with van der Waals surface area (Å²) in [5.41, 5.74) is 3.12. The molecule has 2 heterocycles. The average Bonchev–Trinajstić information content (AvgIpc) is 3.74. The first-order chi connectivity index (χ1) is 18.8. The zero-order valence-electron chi connectivity index (χ0n) is 26.8. The van der Waals surface area contributed by atoms with Crippen LogP contribution in [0.5, 0.6) is 0 Å². The highest BCUT2D eigenvalue weighted by atomic mass is 16.6. The van der Waals surface area contributed by atoms with Gasteiger partial charge in [0.25, 0.3) is 0 Å². The van der Waals surface area contributed by atoms with E-state index in [1.807, 2.05) is 0 Å². The van der Waals surface area contributed by atoms with Crippen LogP contribution in [0.2, 0.25) is 0 Å². The molecule has 2 saturated heterocycles. The molecule has 0 bridgehead atoms. The number of piperazine rings is 1. The van der Waals surface area contributed by atoms with Gasteiger partial charge in [-0.25, -0.2) is 0 Å². The molecular weight excluding hydrogens is 492 g/mol. The third-order valence-electron chi connectivity index (χ3n) is 15.4. The smallest absolute Gasteiger partial charge is 0.229 e. The van der Waals surface area contributed by atoms with Crippen LogP contribution in [0.25, 0.3) is 0 Å². The molecule has 4 saturated carbocycles. The monoisotopic (exact) mass is 550 g/mol. The van der Waals surface area contributed by atoms with Crippen molar-refractivity contribution in [1.82, 2.24) is 10.2 Å². The molecule has 6 fully saturated rings. The number of ether oxygens (including phenoxy) is 1. The van der Waals surface area contributed by atoms with E-state index in [-0.39, 0.29) is 10.8 Å². The van der Waals surface area contributed by atoms with Gasteiger partial charge in [0.15, 0.2) is 0 Å². The van der Waals surface area contributed by atoms with Crippen molar-refractivity contribution in [2.75, 3.05) is 32.8 Å². The Kier molecular flexibility index (Phi) is 6.17. The van der Waals surface area contributed by atoms with Crippen molar-refractivity contribution in [3.05, 3.63) is 11.6 Å². The molecule has 2 aliphatic heterocycles. The van der Waals surface area contributed by atoms with Crippen molar-refractivity contribution in [3.63, 3.8) is 0 Å². The Morgan fingerprint density at radius 2 is 1.60 bits per heavy atom. The molecule has 9 atom stereocenters. The Morgan fingerprint density at radius 3 is 2.30 bits per heavy atom. The molecule has 40 heavy (non-hydrogen) atoms. The number of rotatable bonds is 2. The summed E-state index contributed by atoms with van der Waals surface area (Å²) in [5, 5.41) is 3.47. The maximum absolute atomic E-state index is 14.5. The van der Waals surface area contributed by atoms with E-state index >= 15 is 0 Å². The number of amides is 1. The summed E-state index contributed by atoms with van der Waals surface area (Å²) in [7, 11) is 0. The average molecular weight is 551 g/mol. The molecule has 4 heteroatoms. The van der Waals surface area contributed by atoms with Crippen LogP contribution in [0.1, 0.15) is 113 Å². The highest BCUT2D eigenvalue weighted by Gasteiger charge is 2.69. The highest BCUT2D eigenvalue weighted by Crippen LogP contribution is 2.76. The molecule has 0 aromatic carbocycles. The van der Waals surface area contributed by atoms with Crippen molar-refractivity contribution < 1.29 is 9.53 Å². The van der Waals surface area contributed by atoms with E-state index in [1.54, 1.807) is 5.57 Å². The summed E-state index contributed by atoms with van der Waals surface area (Å²) in [6, 6.07) is 0. The Hall–Kier alpha value is -0.870. The van der Waals surface area contributed by atoms with Crippen molar-refractivity contribution in [2.24, 2.45) is 56.2 Å². The molecule has 7 aliphatic rings. The molecule has 4 nitrogen and oxygen atoms in total. The zero-order chi connectivity index (χ0) is 28.3. The molecule has 1 N–H and O–H groups in total. The lowest BCUT2D eigenvalue weighted by Gasteiger charge is -2.71. The molecule has 0 spiro atoms. The number of fused-ring (bicyclic) bond motifs is 7. The summed E-state index contributed by atoms with van der Waals surface area (Å²) in [6.07, 6.45) is 15.7. The minimum absolute atomic E-state index is 0.174. The van der Waals surface area contributed by atoms with E-state index in [1.165, 1.54) is 51.4 Å². The largest absolute Gasteiger partial charge is 0.373 e. The van der Waals surface area contributed by atoms with Gasteiger partial charge in [-0.3, -0.25) is 4.79 Å². The van der Waals surface area contributed by atoms with Gasteiger partial charge >= 0.3 is 0 Å². The van der Waals surface area contributed by atoms with Crippen LogP contribution < -0.4 is 5.32 Å². The van der Waals surface area contributed by atoms with Gasteiger partial charge in [-0.1, -0.05) is 60.1 Å². The number of epoxide rings is 1. The summed E-state index contributed by atoms with van der Waals surface area (Å²) >= 11 is 0. The number of carbonyl (C=O) groups is 1. The third kappa shape index (κ3) is 3.66. The SMILES string of the molecule is CC1(C)CC[C@]2(C(=O)N3CCNCC3)CC[C@]3(C)C(=CC[C@@H]4[C@@]5(C)CC[C@H](C6CO6)C(C)(C)[C@@H]5CC[C@]43C)[C@@H]2C1. The summed E-state index contributed by atoms with van der Waals surface area (Å²) in [4.78, 5) is 16.8. The standard InChI is InChI=1S/C36H58N2O2/c1-31(2)14-16-36(30(39)38-20-18-37-19-21-38)17-15-34(6)24(26(36)22-31)8-9-29-33(5)12-10-25(27-23-40-27)32(3,4)28(33)11-13-35(29,34)7/h8,25-29,37H,9-23H2,1-7H3/t25-,26+,27?,28+,29-,33+,34-,35-,36+/m1/s1. The fourth-order valence-corrected chi connectivity index (χ4v) is 12.8. The quantitative estimate of drug-likeness (QED) is 0.291. The maximum atomic E-state index is 14.5. The normalized spacial score (nSPS) is 50.9. The topological polar surface area (TPSA) is 44.9 Å². The van der Waals surface area contributed by atoms with Gasteiger partial charge in [-0.2, -0.15) is 0 Å². The lowest BCUT2D eigenvalue weighted by atomic mass is 9.33. The second kappa shape index (κ2) is 8.84. The number of allylic oxidation sites excluding steroid dienone is 2. The van der Waals surface area contributed by atoms with E-state index in [4.69, 9.17) is 4.74 Å². The van der Waals surface area contributed by atoms with E-state index in [9.17, 15) is 4.79 Å². The summed E-state index contributed by atoms with van der Waals surface area (Å²) in [5.74, 6) is 3.17. The summed E-state index contributed by atoms with van der Waals surface area (Å²) in [6.45, 7) is 22.9. The fraction of sp³-hybridized carbons (Fsp3) is 0.917. The lowest BCUT2D eigenvalue weighted by Crippen LogP contribution is -2.65. The van der Waals surface area contributed by atoms with Gasteiger partial charge in [-0.15, -0.1) is 0 Å². The van der Waals surface area contributed by atoms with Crippen LogP contribution in [0, 0.1) is 56.2 Å². The summed E-state index contributed by atoms with van der Waals surface area (Å²) < 4.78 is 5.91. The second-order valence-electron chi connectivity index (χ2n) is 17.8. The molecule has 7 rings (SSSR count). The van der Waals surface area contributed by atoms with E-state index < -0.39 is 0 Å². The molecule has 224 valence electrons. The van der Waals surface area contributed by atoms with Gasteiger partial charge in [-0.05, 0) is 115 Å². The van der Waals surface area contributed by atoms with Gasteiger partial charge in [0.2, 0.25) is 5.91 Å². The van der Waals surface area contributed by atoms with E-state index in [2.05, 4.69) is 64.8 Å². The van der Waals surface area contributed by atoms with Crippen LogP contribution in [0.15, 0.2) is 11.6 Å². The minimum atomic E-state index is -0.174. The number of hydrogen-bond donors (Lipinski definition) is 1. The van der Waals surface area contributed by atoms with Crippen LogP contribution in [0.4, 0.5) is 0 Å². The zero-order valence-corrected chi connectivity index (χ0v) is 26.8. The molecule has 5 aliphatic carbocycles. The van der Waals surface area contributed by atoms with Gasteiger partial charge in [0.05, 0.1) is 18.1 Å². The fourth-order valence-electron chi connectivity index (χ4n) is 12.8. The Labute approximate surface area is 244 Å². The van der Waals surface area contributed by atoms with Gasteiger partial charge in [0.1, 0.15) is 0 Å². The molecule has 0 aromatic heterocycles. The number of carbonyl (C=O) groups excluding carboxylic acids is 1. The number of nitrogens with zero attached hydrogens (tertiary/aromatic N) is 1. The molecule has 0 radical (unpaired) electrons. The van der Waals surface area contributed by atoms with Gasteiger partial charge < -0.3 is 15.0 Å². The van der Waals surface area contributed by atoms with Crippen LogP contribution in [-0.2, 0) is 9.53 Å². The lowest BCUT2D eigenvalue weighted by molar-refractivity contribution is -0.196. The second-order valence-corrected chi connectivity index (χ2v) is 17.8. The van der Waals surface area contributed by atoms with Crippen LogP contribution in [-0.4, -0.2) is 49.7 Å². The Morgan fingerprint density at radius 1 is 0.900 bits per heavy atom. The third-order valence-corrected chi connectivity index (χ3v) is 15.4. The van der Waals surface area contributed by atoms with E-state index in [0.29, 0.717) is 39.6 Å². The van der Waals surface area contributed by atoms with E-state index in [0.717, 1.165) is 63.4 Å². The minimum Gasteiger partial charge on any atom is -0.373 e. The first-order valence-electron chi connectivity index (χ1n) is 17.1. The molecule has 0 aromatic rings. The highest BCUT2D eigenvalue weighted by molar-refractivity contribution is 5.84. The maximum Gasteiger partial charge on any atom is 0.229 e. The number of nitrogens with one attached hydrogen (secondary N) is 1. The number of hydrogen-bond acceptors (Lipinski definition) is 3. The van der Waals surface area contributed by atoms with Crippen molar-refractivity contribution in [2.45, 2.75) is 119 Å². The first kappa shape index (κ1) is 27.9. The Bertz CT molecular complexity index is 1080.